The highest BCUT2D eigenvalue weighted by molar-refractivity contribution is 7.72. The normalized spacial score (nSPS) is 13.4. The van der Waals surface area contributed by atoms with E-state index in [9.17, 15) is 0 Å². The van der Waals surface area contributed by atoms with Gasteiger partial charge in [0.25, 0.3) is 0 Å². The Balaban J connectivity index is 2.28. The van der Waals surface area contributed by atoms with Crippen LogP contribution in [0.15, 0.2) is 67.3 Å². The number of nitrogens with zero attached hydrogens (tertiary/aromatic N) is 2. The molecular weight excluding hydrogens is 466 g/mol. The van der Waals surface area contributed by atoms with Gasteiger partial charge in [-0.3, -0.25) is 9.97 Å². The summed E-state index contributed by atoms with van der Waals surface area (Å²) in [6.45, 7) is 21.6. The number of benzene rings is 1. The van der Waals surface area contributed by atoms with Gasteiger partial charge in [0.05, 0.1) is 8.07 Å². The van der Waals surface area contributed by atoms with Crippen LogP contribution in [-0.2, 0) is 11.3 Å². The van der Waals surface area contributed by atoms with Gasteiger partial charge in [0.1, 0.15) is 0 Å². The highest BCUT2D eigenvalue weighted by atomic mass is 31.1. The van der Waals surface area contributed by atoms with Crippen molar-refractivity contribution in [2.45, 2.75) is 72.5 Å². The Bertz CT molecular complexity index is 1040. The molecule has 2 aromatic heterocycles. The molecule has 0 aliphatic heterocycles. The zero-order valence-electron chi connectivity index (χ0n) is 22.5. The first kappa shape index (κ1) is 27.2. The lowest BCUT2D eigenvalue weighted by atomic mass is 9.62. The third-order valence-electron chi connectivity index (χ3n) is 7.01. The molecule has 0 spiro atoms. The Morgan fingerprint density at radius 2 is 1.29 bits per heavy atom. The molecule has 2 heterocycles. The van der Waals surface area contributed by atoms with E-state index in [1.54, 1.807) is 0 Å². The maximum absolute atomic E-state index is 4.48. The number of rotatable bonds is 6. The van der Waals surface area contributed by atoms with Gasteiger partial charge in [0.2, 0.25) is 0 Å². The fraction of sp³-hybridized carbons (Fsp3) is 0.448. The van der Waals surface area contributed by atoms with Crippen LogP contribution in [-0.4, -0.2) is 18.0 Å². The summed E-state index contributed by atoms with van der Waals surface area (Å²) in [5, 5.41) is 4.04. The van der Waals surface area contributed by atoms with E-state index in [4.69, 9.17) is 0 Å². The Kier molecular flexibility index (Phi) is 7.94. The minimum atomic E-state index is -1.47. The number of hydrogen-bond acceptors (Lipinski definition) is 2. The predicted molar refractivity (Wildman–Crippen MR) is 158 cm³/mol. The lowest BCUT2D eigenvalue weighted by molar-refractivity contribution is 0.139. The lowest BCUT2D eigenvalue weighted by Crippen LogP contribution is -2.46. The molecule has 0 bridgehead atoms. The van der Waals surface area contributed by atoms with Crippen LogP contribution in [0.3, 0.4) is 0 Å². The van der Waals surface area contributed by atoms with E-state index in [0.29, 0.717) is 0 Å². The largest absolute Gasteiger partial charge is 0.264 e. The lowest BCUT2D eigenvalue weighted by Gasteiger charge is -2.52. The molecule has 3 aromatic rings. The Morgan fingerprint density at radius 1 is 0.794 bits per heavy atom. The zero-order chi connectivity index (χ0) is 25.4. The Labute approximate surface area is 212 Å². The molecule has 34 heavy (non-hydrogen) atoms. The Morgan fingerprint density at radius 3 is 1.68 bits per heavy atom. The average Bonchev–Trinajstić information content (AvgIpc) is 2.76. The van der Waals surface area contributed by atoms with Gasteiger partial charge in [-0.2, -0.15) is 0 Å². The minimum absolute atomic E-state index is 0.0662. The summed E-state index contributed by atoms with van der Waals surface area (Å²) in [5.41, 5.74) is 3.06. The fourth-order valence-electron chi connectivity index (χ4n) is 5.04. The van der Waals surface area contributed by atoms with E-state index in [0.717, 1.165) is 6.16 Å². The molecule has 0 amide bonds. The molecule has 0 N–H and O–H groups in total. The van der Waals surface area contributed by atoms with Gasteiger partial charge in [-0.25, -0.2) is 0 Å². The first-order valence-corrected chi connectivity index (χ1v) is 17.8. The average molecular weight is 509 g/mol. The van der Waals surface area contributed by atoms with Crippen molar-refractivity contribution >= 4 is 41.0 Å². The SMILES string of the molecule is CC(C)(C)C(P)(c1ccc([Si](C)(C)C)cc1CP(c1cccnc1)c1cccnc1)C(C)(C)C. The maximum Gasteiger partial charge on any atom is 0.0776 e. The van der Waals surface area contributed by atoms with Crippen LogP contribution in [0.25, 0.3) is 0 Å². The summed E-state index contributed by atoms with van der Waals surface area (Å²) < 4.78 is 0. The van der Waals surface area contributed by atoms with E-state index in [2.05, 4.69) is 123 Å². The van der Waals surface area contributed by atoms with Gasteiger partial charge in [0, 0.05) is 36.1 Å². The first-order valence-electron chi connectivity index (χ1n) is 12.2. The summed E-state index contributed by atoms with van der Waals surface area (Å²) in [7, 11) is 1.21. The van der Waals surface area contributed by atoms with Crippen molar-refractivity contribution in [2.24, 2.45) is 10.8 Å². The van der Waals surface area contributed by atoms with Crippen LogP contribution in [0.2, 0.25) is 19.6 Å². The Hall–Kier alpha value is -1.40. The second kappa shape index (κ2) is 9.92. The zero-order valence-corrected chi connectivity index (χ0v) is 25.5. The summed E-state index contributed by atoms with van der Waals surface area (Å²) >= 11 is 0. The molecule has 1 unspecified atom stereocenters. The molecule has 5 heteroatoms. The highest BCUT2D eigenvalue weighted by Crippen LogP contribution is 2.59. The van der Waals surface area contributed by atoms with Crippen molar-refractivity contribution in [3.05, 3.63) is 78.4 Å². The van der Waals surface area contributed by atoms with Crippen molar-refractivity contribution in [3.8, 4) is 0 Å². The summed E-state index contributed by atoms with van der Waals surface area (Å²) in [5.74, 6) is 0. The van der Waals surface area contributed by atoms with Crippen LogP contribution >= 0.6 is 17.2 Å². The van der Waals surface area contributed by atoms with Crippen LogP contribution < -0.4 is 15.8 Å². The van der Waals surface area contributed by atoms with Crippen molar-refractivity contribution in [1.82, 2.24) is 9.97 Å². The van der Waals surface area contributed by atoms with E-state index in [1.807, 2.05) is 24.8 Å². The molecule has 3 rings (SSSR count). The van der Waals surface area contributed by atoms with E-state index < -0.39 is 16.0 Å². The van der Waals surface area contributed by atoms with Crippen molar-refractivity contribution in [3.63, 3.8) is 0 Å². The monoisotopic (exact) mass is 508 g/mol. The molecule has 1 atom stereocenters. The van der Waals surface area contributed by atoms with E-state index >= 15 is 0 Å². The molecule has 1 aromatic carbocycles. The van der Waals surface area contributed by atoms with E-state index in [-0.39, 0.29) is 16.0 Å². The van der Waals surface area contributed by atoms with Crippen LogP contribution in [0.5, 0.6) is 0 Å². The maximum atomic E-state index is 4.48. The summed E-state index contributed by atoms with van der Waals surface area (Å²) in [6.07, 6.45) is 8.81. The van der Waals surface area contributed by atoms with Crippen molar-refractivity contribution in [2.75, 3.05) is 0 Å². The second-order valence-corrected chi connectivity index (χ2v) is 20.6. The molecule has 0 aliphatic rings. The van der Waals surface area contributed by atoms with Crippen LogP contribution in [0, 0.1) is 10.8 Å². The van der Waals surface area contributed by atoms with Gasteiger partial charge < -0.3 is 0 Å². The highest BCUT2D eigenvalue weighted by Gasteiger charge is 2.49. The molecular formula is C29H42N2P2Si. The van der Waals surface area contributed by atoms with E-state index in [1.165, 1.54) is 26.9 Å². The molecule has 0 saturated carbocycles. The number of aromatic nitrogens is 2. The molecule has 0 aliphatic carbocycles. The summed E-state index contributed by atoms with van der Waals surface area (Å²) in [4.78, 5) is 8.96. The van der Waals surface area contributed by atoms with Gasteiger partial charge in [-0.05, 0) is 52.6 Å². The van der Waals surface area contributed by atoms with Gasteiger partial charge in [-0.1, -0.05) is 96.7 Å². The fourth-order valence-corrected chi connectivity index (χ4v) is 8.72. The van der Waals surface area contributed by atoms with Gasteiger partial charge >= 0.3 is 0 Å². The number of pyridine rings is 2. The quantitative estimate of drug-likeness (QED) is 0.270. The molecule has 2 nitrogen and oxygen atoms in total. The van der Waals surface area contributed by atoms with Crippen LogP contribution in [0.4, 0.5) is 0 Å². The molecule has 182 valence electrons. The molecule has 0 saturated heterocycles. The standard InChI is InChI=1S/C29H42N2P2Si/c1-27(2,3)29(32,28(4,5)6)26-15-14-25(34(7,8)9)18-22(26)21-33(23-12-10-16-30-19-23)24-13-11-17-31-20-24/h10-20H,21,32H2,1-9H3. The van der Waals surface area contributed by atoms with Gasteiger partial charge in [-0.15, -0.1) is 9.24 Å². The molecule has 0 fully saturated rings. The minimum Gasteiger partial charge on any atom is -0.264 e. The molecule has 0 radical (unpaired) electrons. The van der Waals surface area contributed by atoms with Gasteiger partial charge in [0.15, 0.2) is 0 Å². The summed E-state index contributed by atoms with van der Waals surface area (Å²) in [6, 6.07) is 16.0. The first-order chi connectivity index (χ1) is 15.7. The third kappa shape index (κ3) is 5.53. The third-order valence-corrected chi connectivity index (χ3v) is 13.5. The smallest absolute Gasteiger partial charge is 0.0776 e. The predicted octanol–water partition coefficient (Wildman–Crippen LogP) is 6.82. The number of hydrogen-bond donors (Lipinski definition) is 0. The van der Waals surface area contributed by atoms with Crippen molar-refractivity contribution in [1.29, 1.82) is 0 Å². The second-order valence-electron chi connectivity index (χ2n) is 12.4. The van der Waals surface area contributed by atoms with Crippen LogP contribution in [0.1, 0.15) is 52.7 Å². The topological polar surface area (TPSA) is 25.8 Å². The van der Waals surface area contributed by atoms with Crippen molar-refractivity contribution < 1.29 is 0 Å².